The van der Waals surface area contributed by atoms with Crippen LogP contribution >= 0.6 is 11.3 Å². The molecule has 1 amide bonds. The minimum absolute atomic E-state index is 0.0496. The van der Waals surface area contributed by atoms with Gasteiger partial charge in [0.05, 0.1) is 28.8 Å². The Balaban J connectivity index is 1.66. The van der Waals surface area contributed by atoms with Crippen LogP contribution in [0.15, 0.2) is 17.5 Å². The third kappa shape index (κ3) is 4.28. The molecule has 0 spiro atoms. The number of aromatic nitrogens is 1. The maximum absolute atomic E-state index is 13.1. The van der Waals surface area contributed by atoms with Gasteiger partial charge in [-0.3, -0.25) is 14.5 Å². The number of carbonyl (C=O) groups is 3. The van der Waals surface area contributed by atoms with E-state index < -0.39 is 5.97 Å². The Morgan fingerprint density at radius 2 is 1.90 bits per heavy atom. The molecule has 8 heteroatoms. The molecule has 0 unspecified atom stereocenters. The van der Waals surface area contributed by atoms with E-state index in [2.05, 4.69) is 9.88 Å². The number of ketones is 1. The third-order valence-corrected chi connectivity index (χ3v) is 6.28. The minimum atomic E-state index is -0.411. The van der Waals surface area contributed by atoms with Gasteiger partial charge in [-0.1, -0.05) is 6.07 Å². The van der Waals surface area contributed by atoms with E-state index in [0.717, 1.165) is 4.88 Å². The highest BCUT2D eigenvalue weighted by Crippen LogP contribution is 2.22. The summed E-state index contributed by atoms with van der Waals surface area (Å²) >= 11 is 1.44. The number of amides is 1. The van der Waals surface area contributed by atoms with Crippen LogP contribution in [0.25, 0.3) is 0 Å². The summed E-state index contributed by atoms with van der Waals surface area (Å²) in [6, 6.07) is 3.36. The van der Waals surface area contributed by atoms with Crippen molar-refractivity contribution >= 4 is 29.0 Å². The lowest BCUT2D eigenvalue weighted by atomic mass is 10.0. The van der Waals surface area contributed by atoms with E-state index in [0.29, 0.717) is 48.7 Å². The summed E-state index contributed by atoms with van der Waals surface area (Å²) in [6.07, 6.45) is 0. The molecule has 1 aliphatic heterocycles. The number of aryl methyl sites for hydroxylation is 1. The number of esters is 1. The monoisotopic (exact) mass is 417 g/mol. The summed E-state index contributed by atoms with van der Waals surface area (Å²) in [4.78, 5) is 45.5. The fraction of sp³-hybridized carbons (Fsp3) is 0.476. The summed E-state index contributed by atoms with van der Waals surface area (Å²) < 4.78 is 5.11. The first-order chi connectivity index (χ1) is 13.8. The molecule has 29 heavy (non-hydrogen) atoms. The second-order valence-corrected chi connectivity index (χ2v) is 8.14. The van der Waals surface area contributed by atoms with Crippen LogP contribution in [-0.2, 0) is 4.74 Å². The molecule has 2 aromatic heterocycles. The fourth-order valence-electron chi connectivity index (χ4n) is 3.75. The summed E-state index contributed by atoms with van der Waals surface area (Å²) in [7, 11) is 0. The molecule has 1 atom stereocenters. The zero-order chi connectivity index (χ0) is 21.1. The van der Waals surface area contributed by atoms with Crippen molar-refractivity contribution in [2.24, 2.45) is 0 Å². The normalized spacial score (nSPS) is 15.9. The molecule has 3 heterocycles. The van der Waals surface area contributed by atoms with Gasteiger partial charge in [0, 0.05) is 31.9 Å². The largest absolute Gasteiger partial charge is 0.462 e. The number of thiophene rings is 1. The highest BCUT2D eigenvalue weighted by atomic mass is 32.1. The van der Waals surface area contributed by atoms with E-state index in [1.54, 1.807) is 20.8 Å². The van der Waals surface area contributed by atoms with Crippen LogP contribution in [0, 0.1) is 13.8 Å². The predicted octanol–water partition coefficient (Wildman–Crippen LogP) is 2.90. The van der Waals surface area contributed by atoms with Crippen molar-refractivity contribution in [3.8, 4) is 0 Å². The number of H-pyrrole nitrogens is 1. The first-order valence-electron chi connectivity index (χ1n) is 9.82. The van der Waals surface area contributed by atoms with Crippen LogP contribution in [0.2, 0.25) is 0 Å². The van der Waals surface area contributed by atoms with Gasteiger partial charge in [0.25, 0.3) is 5.91 Å². The number of aromatic amines is 1. The first-order valence-corrected chi connectivity index (χ1v) is 10.7. The smallest absolute Gasteiger partial charge is 0.340 e. The van der Waals surface area contributed by atoms with Crippen molar-refractivity contribution in [2.45, 2.75) is 33.7 Å². The Labute approximate surface area is 174 Å². The van der Waals surface area contributed by atoms with Crippen LogP contribution in [0.1, 0.15) is 55.6 Å². The Kier molecular flexibility index (Phi) is 6.54. The van der Waals surface area contributed by atoms with Crippen molar-refractivity contribution < 1.29 is 19.1 Å². The molecule has 0 aliphatic carbocycles. The minimum Gasteiger partial charge on any atom is -0.462 e. The number of ether oxygens (including phenoxy) is 1. The van der Waals surface area contributed by atoms with E-state index in [9.17, 15) is 14.4 Å². The van der Waals surface area contributed by atoms with Crippen molar-refractivity contribution in [2.75, 3.05) is 32.8 Å². The molecule has 1 saturated heterocycles. The molecule has 1 fully saturated rings. The lowest BCUT2D eigenvalue weighted by Gasteiger charge is -2.37. The Morgan fingerprint density at radius 1 is 1.21 bits per heavy atom. The van der Waals surface area contributed by atoms with Gasteiger partial charge in [0.1, 0.15) is 0 Å². The Hall–Kier alpha value is -2.45. The topological polar surface area (TPSA) is 82.7 Å². The van der Waals surface area contributed by atoms with Crippen LogP contribution < -0.4 is 0 Å². The maximum Gasteiger partial charge on any atom is 0.340 e. The standard InChI is InChI=1S/C21H27N3O4S/c1-5-28-21(27)17-13(2)18(22-14(17)3)19(25)15(4)23-8-10-24(11-9-23)20(26)16-7-6-12-29-16/h6-7,12,15,22H,5,8-11H2,1-4H3/t15-/m1/s1. The Morgan fingerprint density at radius 3 is 2.48 bits per heavy atom. The third-order valence-electron chi connectivity index (χ3n) is 5.42. The lowest BCUT2D eigenvalue weighted by Crippen LogP contribution is -2.53. The number of hydrogen-bond donors (Lipinski definition) is 1. The number of hydrogen-bond acceptors (Lipinski definition) is 6. The van der Waals surface area contributed by atoms with E-state index in [-0.39, 0.29) is 24.3 Å². The average Bonchev–Trinajstić information content (AvgIpc) is 3.35. The van der Waals surface area contributed by atoms with Gasteiger partial charge in [-0.2, -0.15) is 0 Å². The number of carbonyl (C=O) groups excluding carboxylic acids is 3. The summed E-state index contributed by atoms with van der Waals surface area (Å²) in [6.45, 7) is 9.91. The molecular weight excluding hydrogens is 390 g/mol. The fourth-order valence-corrected chi connectivity index (χ4v) is 4.44. The molecule has 7 nitrogen and oxygen atoms in total. The highest BCUT2D eigenvalue weighted by molar-refractivity contribution is 7.12. The SMILES string of the molecule is CCOC(=O)c1c(C)[nH]c(C(=O)[C@@H](C)N2CCN(C(=O)c3cccs3)CC2)c1C. The van der Waals surface area contributed by atoms with Gasteiger partial charge in [-0.25, -0.2) is 4.79 Å². The van der Waals surface area contributed by atoms with Crippen LogP contribution in [-0.4, -0.2) is 71.3 Å². The molecule has 1 N–H and O–H groups in total. The van der Waals surface area contributed by atoms with Gasteiger partial charge in [0.2, 0.25) is 0 Å². The second kappa shape index (κ2) is 8.92. The van der Waals surface area contributed by atoms with Crippen molar-refractivity contribution in [3.05, 3.63) is 44.9 Å². The maximum atomic E-state index is 13.1. The summed E-state index contributed by atoms with van der Waals surface area (Å²) in [5.74, 6) is -0.418. The van der Waals surface area contributed by atoms with Crippen LogP contribution in [0.3, 0.4) is 0 Å². The molecular formula is C21H27N3O4S. The average molecular weight is 418 g/mol. The molecule has 0 aromatic carbocycles. The number of nitrogens with one attached hydrogen (secondary N) is 1. The molecule has 2 aromatic rings. The molecule has 1 aliphatic rings. The van der Waals surface area contributed by atoms with Crippen LogP contribution in [0.4, 0.5) is 0 Å². The number of piperazine rings is 1. The van der Waals surface area contributed by atoms with E-state index in [1.165, 1.54) is 11.3 Å². The predicted molar refractivity (Wildman–Crippen MR) is 112 cm³/mol. The van der Waals surface area contributed by atoms with Gasteiger partial charge < -0.3 is 14.6 Å². The second-order valence-electron chi connectivity index (χ2n) is 7.19. The summed E-state index contributed by atoms with van der Waals surface area (Å²) in [5.41, 5.74) is 2.16. The highest BCUT2D eigenvalue weighted by Gasteiger charge is 2.31. The Bertz CT molecular complexity index is 895. The van der Waals surface area contributed by atoms with Gasteiger partial charge in [-0.15, -0.1) is 11.3 Å². The van der Waals surface area contributed by atoms with E-state index >= 15 is 0 Å². The van der Waals surface area contributed by atoms with Gasteiger partial charge >= 0.3 is 5.97 Å². The number of rotatable bonds is 6. The quantitative estimate of drug-likeness (QED) is 0.577. The molecule has 0 bridgehead atoms. The van der Waals surface area contributed by atoms with Crippen molar-refractivity contribution in [3.63, 3.8) is 0 Å². The molecule has 0 saturated carbocycles. The number of nitrogens with zero attached hydrogens (tertiary/aromatic N) is 2. The first kappa shape index (κ1) is 21.3. The molecule has 3 rings (SSSR count). The van der Waals surface area contributed by atoms with Gasteiger partial charge in [-0.05, 0) is 44.7 Å². The van der Waals surface area contributed by atoms with Crippen molar-refractivity contribution in [1.82, 2.24) is 14.8 Å². The molecule has 0 radical (unpaired) electrons. The van der Waals surface area contributed by atoms with Crippen LogP contribution in [0.5, 0.6) is 0 Å². The van der Waals surface area contributed by atoms with Crippen molar-refractivity contribution in [1.29, 1.82) is 0 Å². The van der Waals surface area contributed by atoms with E-state index in [1.807, 2.05) is 29.3 Å². The van der Waals surface area contributed by atoms with E-state index in [4.69, 9.17) is 4.74 Å². The number of Topliss-reactive ketones (excluding diaryl/α,β-unsaturated/α-hetero) is 1. The van der Waals surface area contributed by atoms with Gasteiger partial charge in [0.15, 0.2) is 5.78 Å². The zero-order valence-corrected chi connectivity index (χ0v) is 18.1. The zero-order valence-electron chi connectivity index (χ0n) is 17.3. The summed E-state index contributed by atoms with van der Waals surface area (Å²) in [5, 5.41) is 1.90. The molecule has 156 valence electrons. The lowest BCUT2D eigenvalue weighted by molar-refractivity contribution is 0.0523.